The van der Waals surface area contributed by atoms with Crippen molar-refractivity contribution in [2.75, 3.05) is 6.61 Å². The maximum absolute atomic E-state index is 11.6. The molecule has 2 rings (SSSR count). The average Bonchev–Trinajstić information content (AvgIpc) is 2.80. The minimum absolute atomic E-state index is 0.0862. The molecule has 6 heteroatoms. The third-order valence-corrected chi connectivity index (χ3v) is 3.33. The largest absolute Gasteiger partial charge is 0.381 e. The fourth-order valence-electron chi connectivity index (χ4n) is 1.40. The summed E-state index contributed by atoms with van der Waals surface area (Å²) in [5.41, 5.74) is 1.45. The number of hydrogen-bond acceptors (Lipinski definition) is 4. The molecule has 0 aliphatic carbocycles. The maximum atomic E-state index is 11.6. The van der Waals surface area contributed by atoms with Crippen molar-refractivity contribution >= 4 is 10.3 Å². The average molecular weight is 252 g/mol. The number of nitrogens with zero attached hydrogens (tertiary/aromatic N) is 2. The lowest BCUT2D eigenvalue weighted by atomic mass is 10.2. The SMILES string of the molecule is CCOS(=O)(=O)n1ccc(-c2ccccc2)n1. The molecule has 17 heavy (non-hydrogen) atoms. The normalized spacial score (nSPS) is 11.6. The topological polar surface area (TPSA) is 61.2 Å². The van der Waals surface area contributed by atoms with E-state index in [1.807, 2.05) is 30.3 Å². The van der Waals surface area contributed by atoms with Gasteiger partial charge in [-0.05, 0) is 13.0 Å². The second-order valence-electron chi connectivity index (χ2n) is 3.30. The molecular weight excluding hydrogens is 240 g/mol. The van der Waals surface area contributed by atoms with E-state index in [1.165, 1.54) is 6.20 Å². The van der Waals surface area contributed by atoms with Crippen molar-refractivity contribution in [2.45, 2.75) is 6.92 Å². The van der Waals surface area contributed by atoms with Gasteiger partial charge in [0.25, 0.3) is 0 Å². The number of benzene rings is 1. The molecule has 0 radical (unpaired) electrons. The molecule has 0 unspecified atom stereocenters. The lowest BCUT2D eigenvalue weighted by Crippen LogP contribution is -2.16. The molecule has 0 saturated heterocycles. The molecule has 90 valence electrons. The van der Waals surface area contributed by atoms with E-state index in [1.54, 1.807) is 13.0 Å². The molecule has 0 bridgehead atoms. The molecule has 0 atom stereocenters. The zero-order valence-electron chi connectivity index (χ0n) is 9.28. The lowest BCUT2D eigenvalue weighted by Gasteiger charge is -2.01. The van der Waals surface area contributed by atoms with Crippen LogP contribution in [0.3, 0.4) is 0 Å². The fourth-order valence-corrected chi connectivity index (χ4v) is 2.20. The van der Waals surface area contributed by atoms with Gasteiger partial charge in [0, 0.05) is 11.8 Å². The molecule has 1 aromatic heterocycles. The van der Waals surface area contributed by atoms with Gasteiger partial charge in [-0.1, -0.05) is 30.3 Å². The second-order valence-corrected chi connectivity index (χ2v) is 4.77. The standard InChI is InChI=1S/C11H12N2O3S/c1-2-16-17(14,15)13-9-8-11(12-13)10-6-4-3-5-7-10/h3-9H,2H2,1H3. The quantitative estimate of drug-likeness (QED) is 0.830. The highest BCUT2D eigenvalue weighted by Crippen LogP contribution is 2.16. The van der Waals surface area contributed by atoms with Crippen molar-refractivity contribution in [3.05, 3.63) is 42.6 Å². The minimum atomic E-state index is -3.79. The third kappa shape index (κ3) is 2.54. The van der Waals surface area contributed by atoms with Gasteiger partial charge in [0.15, 0.2) is 0 Å². The van der Waals surface area contributed by atoms with Crippen LogP contribution in [0.4, 0.5) is 0 Å². The number of rotatable bonds is 4. The molecule has 0 N–H and O–H groups in total. The van der Waals surface area contributed by atoms with E-state index in [0.29, 0.717) is 5.69 Å². The van der Waals surface area contributed by atoms with Crippen molar-refractivity contribution in [1.82, 2.24) is 9.19 Å². The smallest absolute Gasteiger partial charge is 0.253 e. The summed E-state index contributed by atoms with van der Waals surface area (Å²) in [6, 6.07) is 11.0. The Kier molecular flexibility index (Phi) is 3.26. The second kappa shape index (κ2) is 4.68. The van der Waals surface area contributed by atoms with E-state index in [4.69, 9.17) is 0 Å². The Balaban J connectivity index is 2.35. The van der Waals surface area contributed by atoms with E-state index < -0.39 is 10.3 Å². The van der Waals surface area contributed by atoms with Crippen LogP contribution < -0.4 is 0 Å². The Morgan fingerprint density at radius 3 is 2.59 bits per heavy atom. The first kappa shape index (κ1) is 11.8. The minimum Gasteiger partial charge on any atom is -0.253 e. The highest BCUT2D eigenvalue weighted by atomic mass is 32.2. The maximum Gasteiger partial charge on any atom is 0.381 e. The molecule has 0 aliphatic rings. The van der Waals surface area contributed by atoms with E-state index >= 15 is 0 Å². The van der Waals surface area contributed by atoms with E-state index in [9.17, 15) is 8.42 Å². The first-order chi connectivity index (χ1) is 8.13. The lowest BCUT2D eigenvalue weighted by molar-refractivity contribution is 0.329. The molecule has 0 spiro atoms. The first-order valence-corrected chi connectivity index (χ1v) is 6.51. The van der Waals surface area contributed by atoms with Gasteiger partial charge in [-0.3, -0.25) is 4.18 Å². The first-order valence-electron chi connectivity index (χ1n) is 5.14. The summed E-state index contributed by atoms with van der Waals surface area (Å²) in [4.78, 5) is 0. The zero-order chi connectivity index (χ0) is 12.3. The zero-order valence-corrected chi connectivity index (χ0v) is 10.1. The molecule has 5 nitrogen and oxygen atoms in total. The van der Waals surface area contributed by atoms with Gasteiger partial charge in [-0.2, -0.15) is 13.5 Å². The summed E-state index contributed by atoms with van der Waals surface area (Å²) in [6.07, 6.45) is 1.37. The summed E-state index contributed by atoms with van der Waals surface area (Å²) in [7, 11) is -3.79. The summed E-state index contributed by atoms with van der Waals surface area (Å²) < 4.78 is 28.6. The van der Waals surface area contributed by atoms with Crippen LogP contribution in [-0.4, -0.2) is 24.2 Å². The molecule has 0 aliphatic heterocycles. The van der Waals surface area contributed by atoms with Crippen molar-refractivity contribution < 1.29 is 12.6 Å². The Labute approximate surface area is 99.9 Å². The molecule has 1 aromatic carbocycles. The summed E-state index contributed by atoms with van der Waals surface area (Å²) in [5, 5.41) is 3.97. The Morgan fingerprint density at radius 2 is 1.94 bits per heavy atom. The van der Waals surface area contributed by atoms with Gasteiger partial charge >= 0.3 is 10.3 Å². The van der Waals surface area contributed by atoms with E-state index in [0.717, 1.165) is 9.65 Å². The monoisotopic (exact) mass is 252 g/mol. The van der Waals surface area contributed by atoms with Gasteiger partial charge in [-0.25, -0.2) is 0 Å². The molecule has 0 fully saturated rings. The van der Waals surface area contributed by atoms with Crippen molar-refractivity contribution in [1.29, 1.82) is 0 Å². The van der Waals surface area contributed by atoms with Crippen molar-refractivity contribution in [3.8, 4) is 11.3 Å². The molecular formula is C11H12N2O3S. The van der Waals surface area contributed by atoms with Gasteiger partial charge in [0.2, 0.25) is 0 Å². The van der Waals surface area contributed by atoms with Crippen LogP contribution in [-0.2, 0) is 14.5 Å². The highest BCUT2D eigenvalue weighted by Gasteiger charge is 2.14. The number of hydrogen-bond donors (Lipinski definition) is 0. The van der Waals surface area contributed by atoms with Crippen LogP contribution >= 0.6 is 0 Å². The van der Waals surface area contributed by atoms with E-state index in [2.05, 4.69) is 9.28 Å². The Hall–Kier alpha value is -1.66. The fraction of sp³-hybridized carbons (Fsp3) is 0.182. The van der Waals surface area contributed by atoms with Gasteiger partial charge in [0.1, 0.15) is 0 Å². The van der Waals surface area contributed by atoms with Crippen molar-refractivity contribution in [3.63, 3.8) is 0 Å². The van der Waals surface area contributed by atoms with Crippen LogP contribution in [0.2, 0.25) is 0 Å². The Morgan fingerprint density at radius 1 is 1.24 bits per heavy atom. The van der Waals surface area contributed by atoms with Crippen LogP contribution in [0.5, 0.6) is 0 Å². The summed E-state index contributed by atoms with van der Waals surface area (Å²) in [5.74, 6) is 0. The molecule has 0 amide bonds. The van der Waals surface area contributed by atoms with Crippen LogP contribution in [0, 0.1) is 0 Å². The summed E-state index contributed by atoms with van der Waals surface area (Å²) >= 11 is 0. The van der Waals surface area contributed by atoms with Gasteiger partial charge in [-0.15, -0.1) is 4.09 Å². The molecule has 2 aromatic rings. The predicted molar refractivity (Wildman–Crippen MR) is 63.6 cm³/mol. The van der Waals surface area contributed by atoms with Crippen molar-refractivity contribution in [2.24, 2.45) is 0 Å². The predicted octanol–water partition coefficient (Wildman–Crippen LogP) is 1.68. The van der Waals surface area contributed by atoms with Gasteiger partial charge < -0.3 is 0 Å². The Bertz CT molecular complexity index is 590. The molecule has 1 heterocycles. The van der Waals surface area contributed by atoms with Crippen LogP contribution in [0.15, 0.2) is 42.6 Å². The van der Waals surface area contributed by atoms with Gasteiger partial charge in [0.05, 0.1) is 12.3 Å². The third-order valence-electron chi connectivity index (χ3n) is 2.13. The summed E-state index contributed by atoms with van der Waals surface area (Å²) in [6.45, 7) is 1.70. The van der Waals surface area contributed by atoms with E-state index in [-0.39, 0.29) is 6.61 Å². The molecule has 0 saturated carbocycles. The highest BCUT2D eigenvalue weighted by molar-refractivity contribution is 7.85. The van der Waals surface area contributed by atoms with Crippen LogP contribution in [0.1, 0.15) is 6.92 Å². The number of aromatic nitrogens is 2. The van der Waals surface area contributed by atoms with Crippen LogP contribution in [0.25, 0.3) is 11.3 Å².